The van der Waals surface area contributed by atoms with Crippen molar-refractivity contribution in [3.05, 3.63) is 30.0 Å². The first-order valence-corrected chi connectivity index (χ1v) is 5.71. The SMILES string of the molecule is COC(C)CNc1nnc(C)c2ccccc12. The summed E-state index contributed by atoms with van der Waals surface area (Å²) in [5.41, 5.74) is 0.950. The van der Waals surface area contributed by atoms with Crippen LogP contribution in [0.1, 0.15) is 12.6 Å². The van der Waals surface area contributed by atoms with Crippen molar-refractivity contribution in [2.45, 2.75) is 20.0 Å². The number of aromatic nitrogens is 2. The molecule has 0 aliphatic carbocycles. The van der Waals surface area contributed by atoms with Crippen LogP contribution in [0.25, 0.3) is 10.8 Å². The molecular weight excluding hydrogens is 214 g/mol. The van der Waals surface area contributed by atoms with E-state index < -0.39 is 0 Å². The van der Waals surface area contributed by atoms with Gasteiger partial charge in [-0.2, -0.15) is 5.10 Å². The molecule has 0 spiro atoms. The van der Waals surface area contributed by atoms with Crippen molar-refractivity contribution in [2.75, 3.05) is 19.0 Å². The average Bonchev–Trinajstić information content (AvgIpc) is 2.38. The van der Waals surface area contributed by atoms with Gasteiger partial charge in [0, 0.05) is 24.4 Å². The van der Waals surface area contributed by atoms with Gasteiger partial charge in [0.2, 0.25) is 0 Å². The minimum absolute atomic E-state index is 0.150. The molecule has 1 atom stereocenters. The van der Waals surface area contributed by atoms with Crippen molar-refractivity contribution in [1.82, 2.24) is 10.2 Å². The Kier molecular flexibility index (Phi) is 3.54. The third kappa shape index (κ3) is 2.53. The maximum Gasteiger partial charge on any atom is 0.156 e. The second kappa shape index (κ2) is 5.10. The lowest BCUT2D eigenvalue weighted by Crippen LogP contribution is -2.19. The zero-order valence-corrected chi connectivity index (χ0v) is 10.4. The maximum absolute atomic E-state index is 5.20. The van der Waals surface area contributed by atoms with E-state index in [1.54, 1.807) is 7.11 Å². The molecular formula is C13H17N3O. The number of benzene rings is 1. The highest BCUT2D eigenvalue weighted by atomic mass is 16.5. The van der Waals surface area contributed by atoms with E-state index in [4.69, 9.17) is 4.74 Å². The molecule has 0 saturated heterocycles. The summed E-state index contributed by atoms with van der Waals surface area (Å²) in [4.78, 5) is 0. The Morgan fingerprint density at radius 2 is 1.94 bits per heavy atom. The standard InChI is InChI=1S/C13H17N3O/c1-9(17-3)8-14-13-12-7-5-4-6-11(12)10(2)15-16-13/h4-7,9H,8H2,1-3H3,(H,14,16). The van der Waals surface area contributed by atoms with Gasteiger partial charge < -0.3 is 10.1 Å². The maximum atomic E-state index is 5.20. The Morgan fingerprint density at radius 3 is 2.65 bits per heavy atom. The van der Waals surface area contributed by atoms with Crippen LogP contribution in [0.15, 0.2) is 24.3 Å². The lowest BCUT2D eigenvalue weighted by molar-refractivity contribution is 0.128. The molecule has 0 fully saturated rings. The first kappa shape index (κ1) is 11.8. The van der Waals surface area contributed by atoms with Gasteiger partial charge in [-0.05, 0) is 13.8 Å². The fraction of sp³-hybridized carbons (Fsp3) is 0.385. The summed E-state index contributed by atoms with van der Waals surface area (Å²) in [5, 5.41) is 13.9. The quantitative estimate of drug-likeness (QED) is 0.877. The number of hydrogen-bond donors (Lipinski definition) is 1. The molecule has 90 valence electrons. The fourth-order valence-electron chi connectivity index (χ4n) is 1.69. The first-order chi connectivity index (χ1) is 8.22. The van der Waals surface area contributed by atoms with E-state index in [1.165, 1.54) is 0 Å². The predicted octanol–water partition coefficient (Wildman–Crippen LogP) is 2.39. The zero-order chi connectivity index (χ0) is 12.3. The van der Waals surface area contributed by atoms with Crippen molar-refractivity contribution in [2.24, 2.45) is 0 Å². The van der Waals surface area contributed by atoms with Crippen LogP contribution < -0.4 is 5.32 Å². The minimum Gasteiger partial charge on any atom is -0.380 e. The molecule has 2 aromatic rings. The van der Waals surface area contributed by atoms with Crippen molar-refractivity contribution < 1.29 is 4.74 Å². The Labute approximate surface area is 101 Å². The smallest absolute Gasteiger partial charge is 0.156 e. The summed E-state index contributed by atoms with van der Waals surface area (Å²) in [6.07, 6.45) is 0.150. The Morgan fingerprint density at radius 1 is 1.24 bits per heavy atom. The van der Waals surface area contributed by atoms with E-state index in [1.807, 2.05) is 26.0 Å². The van der Waals surface area contributed by atoms with Crippen LogP contribution in [0.4, 0.5) is 5.82 Å². The van der Waals surface area contributed by atoms with Gasteiger partial charge in [0.1, 0.15) is 0 Å². The molecule has 1 unspecified atom stereocenters. The number of anilines is 1. The number of nitrogens with one attached hydrogen (secondary N) is 1. The van der Waals surface area contributed by atoms with Crippen molar-refractivity contribution in [3.8, 4) is 0 Å². The molecule has 0 radical (unpaired) electrons. The van der Waals surface area contributed by atoms with Gasteiger partial charge in [0.05, 0.1) is 11.8 Å². The number of ether oxygens (including phenoxy) is 1. The summed E-state index contributed by atoms with van der Waals surface area (Å²) in [5.74, 6) is 0.815. The topological polar surface area (TPSA) is 47.0 Å². The van der Waals surface area contributed by atoms with Crippen molar-refractivity contribution in [1.29, 1.82) is 0 Å². The summed E-state index contributed by atoms with van der Waals surface area (Å²) >= 11 is 0. The molecule has 1 heterocycles. The molecule has 2 rings (SSSR count). The third-order valence-electron chi connectivity index (χ3n) is 2.83. The van der Waals surface area contributed by atoms with E-state index in [9.17, 15) is 0 Å². The molecule has 1 aromatic heterocycles. The summed E-state index contributed by atoms with van der Waals surface area (Å²) < 4.78 is 5.20. The molecule has 1 aromatic carbocycles. The van der Waals surface area contributed by atoms with Crippen LogP contribution in [0, 0.1) is 6.92 Å². The van der Waals surface area contributed by atoms with E-state index in [2.05, 4.69) is 27.6 Å². The van der Waals surface area contributed by atoms with Crippen LogP contribution >= 0.6 is 0 Å². The number of methoxy groups -OCH3 is 1. The molecule has 0 aliphatic rings. The van der Waals surface area contributed by atoms with E-state index in [0.29, 0.717) is 0 Å². The lowest BCUT2D eigenvalue weighted by atomic mass is 10.1. The zero-order valence-electron chi connectivity index (χ0n) is 10.4. The second-order valence-electron chi connectivity index (χ2n) is 4.11. The highest BCUT2D eigenvalue weighted by Crippen LogP contribution is 2.22. The van der Waals surface area contributed by atoms with Gasteiger partial charge in [-0.1, -0.05) is 24.3 Å². The van der Waals surface area contributed by atoms with Crippen LogP contribution in [-0.4, -0.2) is 30.0 Å². The Bertz CT molecular complexity index is 513. The Hall–Kier alpha value is -1.68. The van der Waals surface area contributed by atoms with Crippen LogP contribution in [0.3, 0.4) is 0 Å². The highest BCUT2D eigenvalue weighted by Gasteiger charge is 2.06. The molecule has 0 saturated carbocycles. The number of rotatable bonds is 4. The average molecular weight is 231 g/mol. The fourth-order valence-corrected chi connectivity index (χ4v) is 1.69. The molecule has 4 nitrogen and oxygen atoms in total. The van der Waals surface area contributed by atoms with Crippen LogP contribution in [0.2, 0.25) is 0 Å². The van der Waals surface area contributed by atoms with Crippen molar-refractivity contribution in [3.63, 3.8) is 0 Å². The van der Waals surface area contributed by atoms with Crippen LogP contribution in [-0.2, 0) is 4.74 Å². The highest BCUT2D eigenvalue weighted by molar-refractivity contribution is 5.92. The summed E-state index contributed by atoms with van der Waals surface area (Å²) in [7, 11) is 1.70. The second-order valence-corrected chi connectivity index (χ2v) is 4.11. The number of nitrogens with zero attached hydrogens (tertiary/aromatic N) is 2. The molecule has 0 amide bonds. The molecule has 0 bridgehead atoms. The van der Waals surface area contributed by atoms with Gasteiger partial charge in [-0.3, -0.25) is 0 Å². The minimum atomic E-state index is 0.150. The van der Waals surface area contributed by atoms with E-state index in [0.717, 1.165) is 28.8 Å². The molecule has 4 heteroatoms. The van der Waals surface area contributed by atoms with Gasteiger partial charge in [-0.25, -0.2) is 0 Å². The summed E-state index contributed by atoms with van der Waals surface area (Å²) in [6.45, 7) is 4.70. The summed E-state index contributed by atoms with van der Waals surface area (Å²) in [6, 6.07) is 8.13. The third-order valence-corrected chi connectivity index (χ3v) is 2.83. The number of hydrogen-bond acceptors (Lipinski definition) is 4. The molecule has 1 N–H and O–H groups in total. The van der Waals surface area contributed by atoms with Gasteiger partial charge in [0.15, 0.2) is 5.82 Å². The van der Waals surface area contributed by atoms with Gasteiger partial charge >= 0.3 is 0 Å². The van der Waals surface area contributed by atoms with E-state index >= 15 is 0 Å². The predicted molar refractivity (Wildman–Crippen MR) is 69.2 cm³/mol. The van der Waals surface area contributed by atoms with Crippen molar-refractivity contribution >= 4 is 16.6 Å². The molecule has 17 heavy (non-hydrogen) atoms. The number of aryl methyl sites for hydroxylation is 1. The first-order valence-electron chi connectivity index (χ1n) is 5.71. The van der Waals surface area contributed by atoms with Gasteiger partial charge in [-0.15, -0.1) is 5.10 Å². The van der Waals surface area contributed by atoms with Crippen LogP contribution in [0.5, 0.6) is 0 Å². The monoisotopic (exact) mass is 231 g/mol. The Balaban J connectivity index is 2.32. The van der Waals surface area contributed by atoms with E-state index in [-0.39, 0.29) is 6.10 Å². The number of fused-ring (bicyclic) bond motifs is 1. The largest absolute Gasteiger partial charge is 0.380 e. The van der Waals surface area contributed by atoms with Gasteiger partial charge in [0.25, 0.3) is 0 Å². The normalized spacial score (nSPS) is 12.6. The lowest BCUT2D eigenvalue weighted by Gasteiger charge is -2.12. The molecule has 0 aliphatic heterocycles.